The van der Waals surface area contributed by atoms with Gasteiger partial charge >= 0.3 is 0 Å². The van der Waals surface area contributed by atoms with Gasteiger partial charge in [0.15, 0.2) is 0 Å². The molecule has 0 heterocycles. The summed E-state index contributed by atoms with van der Waals surface area (Å²) in [7, 11) is 0. The number of hydrogen-bond acceptors (Lipinski definition) is 3. The quantitative estimate of drug-likeness (QED) is 0.655. The molecule has 0 unspecified atom stereocenters. The molecule has 4 heteroatoms. The third-order valence-corrected chi connectivity index (χ3v) is 1.93. The van der Waals surface area contributed by atoms with Crippen LogP contribution in [0.3, 0.4) is 0 Å². The zero-order valence-electron chi connectivity index (χ0n) is 8.58. The smallest absolute Gasteiger partial charge is 0.273 e. The summed E-state index contributed by atoms with van der Waals surface area (Å²) in [5, 5.41) is 9.39. The number of para-hydroxylation sites is 1. The monoisotopic (exact) mass is 206 g/mol. The Balaban J connectivity index is 2.62. The lowest BCUT2D eigenvalue weighted by molar-refractivity contribution is 0.0936. The lowest BCUT2D eigenvalue weighted by atomic mass is 10.2. The number of hydrazine groups is 1. The highest BCUT2D eigenvalue weighted by Crippen LogP contribution is 2.14. The lowest BCUT2D eigenvalue weighted by Crippen LogP contribution is -2.36. The number of allylic oxidation sites excluding steroid dienone is 1. The summed E-state index contributed by atoms with van der Waals surface area (Å²) in [5.41, 5.74) is 6.03. The van der Waals surface area contributed by atoms with Crippen LogP contribution in [0.25, 0.3) is 0 Å². The highest BCUT2D eigenvalue weighted by Gasteiger charge is 2.08. The van der Waals surface area contributed by atoms with Crippen molar-refractivity contribution >= 4 is 5.91 Å². The van der Waals surface area contributed by atoms with E-state index < -0.39 is 0 Å². The number of benzene rings is 1. The molecule has 0 radical (unpaired) electrons. The van der Waals surface area contributed by atoms with Crippen LogP contribution in [0.4, 0.5) is 0 Å². The molecule has 0 atom stereocenters. The Kier molecular flexibility index (Phi) is 3.74. The standard InChI is InChI=1S/C11H14N2O2/c1-3-8(2)12-13-11(15)9-6-4-5-7-10(9)14/h4-7,12,14H,2-3H2,1H3,(H,13,15). The van der Waals surface area contributed by atoms with Gasteiger partial charge in [-0.1, -0.05) is 25.6 Å². The molecule has 0 fully saturated rings. The highest BCUT2D eigenvalue weighted by atomic mass is 16.3. The number of carbonyl (C=O) groups excluding carboxylic acids is 1. The van der Waals surface area contributed by atoms with E-state index in [2.05, 4.69) is 17.4 Å². The Hall–Kier alpha value is -1.97. The maximum atomic E-state index is 11.5. The fourth-order valence-electron chi connectivity index (χ4n) is 0.967. The lowest BCUT2D eigenvalue weighted by Gasteiger charge is -2.09. The van der Waals surface area contributed by atoms with Gasteiger partial charge in [-0.15, -0.1) is 0 Å². The zero-order valence-corrected chi connectivity index (χ0v) is 8.58. The third kappa shape index (κ3) is 3.02. The number of aromatic hydroxyl groups is 1. The molecule has 0 aliphatic rings. The minimum absolute atomic E-state index is 0.0427. The van der Waals surface area contributed by atoms with Crippen LogP contribution in [0.2, 0.25) is 0 Å². The minimum Gasteiger partial charge on any atom is -0.507 e. The van der Waals surface area contributed by atoms with Gasteiger partial charge in [-0.3, -0.25) is 10.2 Å². The summed E-state index contributed by atoms with van der Waals surface area (Å²) in [5.74, 6) is -0.429. The Morgan fingerprint density at radius 1 is 1.40 bits per heavy atom. The highest BCUT2D eigenvalue weighted by molar-refractivity contribution is 5.96. The van der Waals surface area contributed by atoms with Crippen LogP contribution in [0.5, 0.6) is 5.75 Å². The van der Waals surface area contributed by atoms with Crippen molar-refractivity contribution in [1.29, 1.82) is 0 Å². The third-order valence-electron chi connectivity index (χ3n) is 1.93. The van der Waals surface area contributed by atoms with Gasteiger partial charge in [-0.25, -0.2) is 0 Å². The zero-order chi connectivity index (χ0) is 11.3. The van der Waals surface area contributed by atoms with Gasteiger partial charge in [0.2, 0.25) is 0 Å². The summed E-state index contributed by atoms with van der Waals surface area (Å²) >= 11 is 0. The van der Waals surface area contributed by atoms with E-state index in [1.807, 2.05) is 6.92 Å². The molecule has 80 valence electrons. The molecule has 0 saturated carbocycles. The van der Waals surface area contributed by atoms with Crippen molar-refractivity contribution in [3.63, 3.8) is 0 Å². The molecule has 1 amide bonds. The fourth-order valence-corrected chi connectivity index (χ4v) is 0.967. The van der Waals surface area contributed by atoms with Crippen LogP contribution in [0.1, 0.15) is 23.7 Å². The van der Waals surface area contributed by atoms with Crippen LogP contribution in [0, 0.1) is 0 Å². The summed E-state index contributed by atoms with van der Waals surface area (Å²) in [6, 6.07) is 6.35. The van der Waals surface area contributed by atoms with Gasteiger partial charge in [0.1, 0.15) is 5.75 Å². The predicted octanol–water partition coefficient (Wildman–Crippen LogP) is 1.55. The maximum absolute atomic E-state index is 11.5. The molecule has 0 bridgehead atoms. The summed E-state index contributed by atoms with van der Waals surface area (Å²) < 4.78 is 0. The SMILES string of the molecule is C=C(CC)NNC(=O)c1ccccc1O. The molecule has 1 aromatic rings. The van der Waals surface area contributed by atoms with Gasteiger partial charge in [0.25, 0.3) is 5.91 Å². The molecule has 15 heavy (non-hydrogen) atoms. The van der Waals surface area contributed by atoms with Crippen molar-refractivity contribution in [3.8, 4) is 5.75 Å². The van der Waals surface area contributed by atoms with E-state index >= 15 is 0 Å². The van der Waals surface area contributed by atoms with Crippen molar-refractivity contribution < 1.29 is 9.90 Å². The average molecular weight is 206 g/mol. The number of phenols is 1. The van der Waals surface area contributed by atoms with Gasteiger partial charge in [-0.2, -0.15) is 0 Å². The predicted molar refractivity (Wildman–Crippen MR) is 58.1 cm³/mol. The first kappa shape index (κ1) is 11.1. The Morgan fingerprint density at radius 2 is 2.07 bits per heavy atom. The Bertz CT molecular complexity index is 375. The molecular weight excluding hydrogens is 192 g/mol. The van der Waals surface area contributed by atoms with E-state index in [-0.39, 0.29) is 17.2 Å². The van der Waals surface area contributed by atoms with E-state index in [1.165, 1.54) is 6.07 Å². The average Bonchev–Trinajstić information content (AvgIpc) is 2.26. The fraction of sp³-hybridized carbons (Fsp3) is 0.182. The van der Waals surface area contributed by atoms with Crippen molar-refractivity contribution in [2.24, 2.45) is 0 Å². The molecule has 1 rings (SSSR count). The van der Waals surface area contributed by atoms with Gasteiger partial charge in [0, 0.05) is 5.70 Å². The first-order valence-electron chi connectivity index (χ1n) is 4.67. The summed E-state index contributed by atoms with van der Waals surface area (Å²) in [4.78, 5) is 11.5. The van der Waals surface area contributed by atoms with Crippen molar-refractivity contribution in [2.45, 2.75) is 13.3 Å². The molecule has 3 N–H and O–H groups in total. The maximum Gasteiger partial charge on any atom is 0.273 e. The molecule has 0 spiro atoms. The topological polar surface area (TPSA) is 61.4 Å². The van der Waals surface area contributed by atoms with Crippen LogP contribution < -0.4 is 10.9 Å². The molecule has 0 saturated heterocycles. The van der Waals surface area contributed by atoms with E-state index in [1.54, 1.807) is 18.2 Å². The van der Waals surface area contributed by atoms with Crippen LogP contribution >= 0.6 is 0 Å². The Labute approximate surface area is 88.6 Å². The van der Waals surface area contributed by atoms with Crippen LogP contribution in [-0.4, -0.2) is 11.0 Å². The Morgan fingerprint density at radius 3 is 2.67 bits per heavy atom. The van der Waals surface area contributed by atoms with Crippen molar-refractivity contribution in [1.82, 2.24) is 10.9 Å². The first-order chi connectivity index (χ1) is 7.15. The number of carbonyl (C=O) groups is 1. The second kappa shape index (κ2) is 5.05. The second-order valence-corrected chi connectivity index (χ2v) is 3.05. The number of amides is 1. The van der Waals surface area contributed by atoms with Gasteiger partial charge in [-0.05, 0) is 18.6 Å². The molecular formula is C11H14N2O2. The molecule has 0 aliphatic heterocycles. The minimum atomic E-state index is -0.386. The molecule has 1 aromatic carbocycles. The van der Waals surface area contributed by atoms with Crippen molar-refractivity contribution in [3.05, 3.63) is 42.1 Å². The molecule has 0 aliphatic carbocycles. The largest absolute Gasteiger partial charge is 0.507 e. The molecule has 4 nitrogen and oxygen atoms in total. The van der Waals surface area contributed by atoms with Gasteiger partial charge < -0.3 is 10.5 Å². The van der Waals surface area contributed by atoms with E-state index in [9.17, 15) is 9.90 Å². The first-order valence-corrected chi connectivity index (χ1v) is 4.67. The summed E-state index contributed by atoms with van der Waals surface area (Å²) in [6.07, 6.45) is 0.723. The number of nitrogens with one attached hydrogen (secondary N) is 2. The second-order valence-electron chi connectivity index (χ2n) is 3.05. The van der Waals surface area contributed by atoms with E-state index in [0.29, 0.717) is 5.70 Å². The van der Waals surface area contributed by atoms with E-state index in [0.717, 1.165) is 6.42 Å². The van der Waals surface area contributed by atoms with Gasteiger partial charge in [0.05, 0.1) is 5.56 Å². The van der Waals surface area contributed by atoms with Crippen molar-refractivity contribution in [2.75, 3.05) is 0 Å². The van der Waals surface area contributed by atoms with Crippen LogP contribution in [0.15, 0.2) is 36.5 Å². The van der Waals surface area contributed by atoms with E-state index in [4.69, 9.17) is 0 Å². The number of phenolic OH excluding ortho intramolecular Hbond substituents is 1. The van der Waals surface area contributed by atoms with Crippen LogP contribution in [-0.2, 0) is 0 Å². The summed E-state index contributed by atoms with van der Waals surface area (Å²) in [6.45, 7) is 5.59. The molecule has 0 aromatic heterocycles. The number of rotatable bonds is 4. The normalized spacial score (nSPS) is 9.40. The number of hydrogen-bond donors (Lipinski definition) is 3.